The molecule has 6 nitrogen and oxygen atoms in total. The molecule has 0 aromatic heterocycles. The molecule has 1 unspecified atom stereocenters. The number of halogens is 1. The van der Waals surface area contributed by atoms with Crippen LogP contribution in [0.1, 0.15) is 0 Å². The predicted molar refractivity (Wildman–Crippen MR) is 38.2 cm³/mol. The zero-order valence-corrected chi connectivity index (χ0v) is 6.66. The number of aliphatic hydroxyl groups excluding tert-OH is 6. The van der Waals surface area contributed by atoms with Crippen LogP contribution in [0.3, 0.4) is 0 Å². The Kier molecular flexibility index (Phi) is 5.30. The molecule has 0 heterocycles. The van der Waals surface area contributed by atoms with Crippen LogP contribution in [0.2, 0.25) is 0 Å². The predicted octanol–water partition coefficient (Wildman–Crippen LogP) is -3.29. The first-order valence-electron chi connectivity index (χ1n) is 3.57. The van der Waals surface area contributed by atoms with Crippen LogP contribution in [0.25, 0.3) is 0 Å². The van der Waals surface area contributed by atoms with Gasteiger partial charge in [0.2, 0.25) is 6.36 Å². The smallest absolute Gasteiger partial charge is 0.225 e. The number of hydrogen-bond acceptors (Lipinski definition) is 6. The van der Waals surface area contributed by atoms with Crippen molar-refractivity contribution in [2.24, 2.45) is 0 Å². The summed E-state index contributed by atoms with van der Waals surface area (Å²) < 4.78 is 12.0. The van der Waals surface area contributed by atoms with E-state index >= 15 is 0 Å². The first-order chi connectivity index (χ1) is 5.91. The Balaban J connectivity index is 4.15. The van der Waals surface area contributed by atoms with Crippen molar-refractivity contribution in [1.29, 1.82) is 0 Å². The highest BCUT2D eigenvalue weighted by atomic mass is 19.1. The maximum atomic E-state index is 12.0. The van der Waals surface area contributed by atoms with E-state index in [0.717, 1.165) is 0 Å². The lowest BCUT2D eigenvalue weighted by Gasteiger charge is -2.25. The molecule has 0 radical (unpaired) electrons. The van der Waals surface area contributed by atoms with Gasteiger partial charge in [0, 0.05) is 0 Å². The van der Waals surface area contributed by atoms with Gasteiger partial charge in [0.05, 0.1) is 6.61 Å². The standard InChI is InChI=1S/C6H13FO6/c7-6(13)5(12)4(11)3(10)2(9)1-8/h2-6,8-13H,1H2/t2-,3+,4-,5+,6?/m1/s1. The van der Waals surface area contributed by atoms with Crippen molar-refractivity contribution in [1.82, 2.24) is 0 Å². The summed E-state index contributed by atoms with van der Waals surface area (Å²) >= 11 is 0. The lowest BCUT2D eigenvalue weighted by Crippen LogP contribution is -2.49. The Morgan fingerprint density at radius 1 is 0.846 bits per heavy atom. The van der Waals surface area contributed by atoms with Crippen molar-refractivity contribution in [2.45, 2.75) is 30.8 Å². The molecule has 80 valence electrons. The minimum atomic E-state index is -2.73. The van der Waals surface area contributed by atoms with Crippen LogP contribution >= 0.6 is 0 Å². The van der Waals surface area contributed by atoms with E-state index in [-0.39, 0.29) is 0 Å². The van der Waals surface area contributed by atoms with Gasteiger partial charge in [0.15, 0.2) is 0 Å². The number of rotatable bonds is 5. The van der Waals surface area contributed by atoms with E-state index in [1.54, 1.807) is 0 Å². The van der Waals surface area contributed by atoms with Crippen LogP contribution in [-0.4, -0.2) is 68.0 Å². The second-order valence-electron chi connectivity index (χ2n) is 2.59. The van der Waals surface area contributed by atoms with Gasteiger partial charge < -0.3 is 30.6 Å². The quantitative estimate of drug-likeness (QED) is 0.276. The van der Waals surface area contributed by atoms with E-state index in [1.807, 2.05) is 0 Å². The van der Waals surface area contributed by atoms with Crippen LogP contribution in [0.15, 0.2) is 0 Å². The van der Waals surface area contributed by atoms with Crippen LogP contribution in [0, 0.1) is 0 Å². The fraction of sp³-hybridized carbons (Fsp3) is 1.00. The summed E-state index contributed by atoms with van der Waals surface area (Å²) in [4.78, 5) is 0. The summed E-state index contributed by atoms with van der Waals surface area (Å²) in [6, 6.07) is 0. The number of alkyl halides is 1. The molecule has 7 heteroatoms. The molecule has 0 fully saturated rings. The monoisotopic (exact) mass is 200 g/mol. The Morgan fingerprint density at radius 3 is 1.62 bits per heavy atom. The Bertz CT molecular complexity index is 143. The van der Waals surface area contributed by atoms with Gasteiger partial charge in [-0.25, -0.2) is 4.39 Å². The van der Waals surface area contributed by atoms with Gasteiger partial charge in [0.1, 0.15) is 24.4 Å². The lowest BCUT2D eigenvalue weighted by molar-refractivity contribution is -0.165. The maximum absolute atomic E-state index is 12.0. The van der Waals surface area contributed by atoms with Crippen LogP contribution in [-0.2, 0) is 0 Å². The van der Waals surface area contributed by atoms with Gasteiger partial charge in [-0.15, -0.1) is 0 Å². The summed E-state index contributed by atoms with van der Waals surface area (Å²) in [7, 11) is 0. The lowest BCUT2D eigenvalue weighted by atomic mass is 10.0. The van der Waals surface area contributed by atoms with E-state index in [1.165, 1.54) is 0 Å². The van der Waals surface area contributed by atoms with Crippen molar-refractivity contribution < 1.29 is 35.0 Å². The largest absolute Gasteiger partial charge is 0.394 e. The highest BCUT2D eigenvalue weighted by molar-refractivity contribution is 4.81. The Hall–Kier alpha value is -0.310. The molecule has 0 bridgehead atoms. The summed E-state index contributed by atoms with van der Waals surface area (Å²) in [6.07, 6.45) is -10.7. The zero-order valence-electron chi connectivity index (χ0n) is 6.66. The molecule has 0 saturated carbocycles. The molecular weight excluding hydrogens is 187 g/mol. The van der Waals surface area contributed by atoms with E-state index in [2.05, 4.69) is 0 Å². The molecule has 6 N–H and O–H groups in total. The van der Waals surface area contributed by atoms with Gasteiger partial charge >= 0.3 is 0 Å². The van der Waals surface area contributed by atoms with Gasteiger partial charge in [-0.2, -0.15) is 0 Å². The summed E-state index contributed by atoms with van der Waals surface area (Å²) in [5.41, 5.74) is 0. The topological polar surface area (TPSA) is 121 Å². The molecular formula is C6H13FO6. The second kappa shape index (κ2) is 5.43. The average molecular weight is 200 g/mol. The fourth-order valence-corrected chi connectivity index (χ4v) is 0.700. The third kappa shape index (κ3) is 3.51. The minimum absolute atomic E-state index is 0.854. The van der Waals surface area contributed by atoms with Crippen LogP contribution < -0.4 is 0 Å². The SMILES string of the molecule is OC[C@@H](O)[C@H](O)[C@@H](O)[C@H](O)C(O)F. The Morgan fingerprint density at radius 2 is 1.31 bits per heavy atom. The third-order valence-corrected chi connectivity index (χ3v) is 1.56. The third-order valence-electron chi connectivity index (χ3n) is 1.56. The molecule has 0 aromatic carbocycles. The van der Waals surface area contributed by atoms with Crippen molar-refractivity contribution >= 4 is 0 Å². The van der Waals surface area contributed by atoms with Crippen molar-refractivity contribution in [3.8, 4) is 0 Å². The molecule has 0 aromatic rings. The minimum Gasteiger partial charge on any atom is -0.394 e. The highest BCUT2D eigenvalue weighted by Crippen LogP contribution is 2.08. The molecule has 0 aliphatic rings. The average Bonchev–Trinajstić information content (AvgIpc) is 2.12. The van der Waals surface area contributed by atoms with Crippen LogP contribution in [0.4, 0.5) is 4.39 Å². The van der Waals surface area contributed by atoms with Gasteiger partial charge in [-0.3, -0.25) is 0 Å². The van der Waals surface area contributed by atoms with Crippen LogP contribution in [0.5, 0.6) is 0 Å². The van der Waals surface area contributed by atoms with Gasteiger partial charge in [-0.1, -0.05) is 0 Å². The molecule has 0 rings (SSSR count). The van der Waals surface area contributed by atoms with E-state index in [0.29, 0.717) is 0 Å². The molecule has 5 atom stereocenters. The summed E-state index contributed by atoms with van der Waals surface area (Å²) in [5.74, 6) is 0. The normalized spacial score (nSPS) is 23.3. The molecule has 0 aliphatic carbocycles. The Labute approximate surface area is 73.5 Å². The number of hydrogen-bond donors (Lipinski definition) is 6. The summed E-state index contributed by atoms with van der Waals surface area (Å²) in [5, 5.41) is 51.7. The second-order valence-corrected chi connectivity index (χ2v) is 2.59. The molecule has 0 spiro atoms. The van der Waals surface area contributed by atoms with E-state index in [4.69, 9.17) is 30.6 Å². The molecule has 0 aliphatic heterocycles. The first-order valence-corrected chi connectivity index (χ1v) is 3.57. The van der Waals surface area contributed by atoms with Crippen molar-refractivity contribution in [3.63, 3.8) is 0 Å². The maximum Gasteiger partial charge on any atom is 0.225 e. The molecule has 13 heavy (non-hydrogen) atoms. The zero-order chi connectivity index (χ0) is 10.6. The number of aliphatic hydroxyl groups is 6. The van der Waals surface area contributed by atoms with E-state index < -0.39 is 37.4 Å². The molecule has 0 saturated heterocycles. The summed E-state index contributed by atoms with van der Waals surface area (Å²) in [6.45, 7) is -0.854. The van der Waals surface area contributed by atoms with Gasteiger partial charge in [0.25, 0.3) is 0 Å². The highest BCUT2D eigenvalue weighted by Gasteiger charge is 2.33. The van der Waals surface area contributed by atoms with Gasteiger partial charge in [-0.05, 0) is 0 Å². The first kappa shape index (κ1) is 12.7. The van der Waals surface area contributed by atoms with Crippen molar-refractivity contribution in [2.75, 3.05) is 6.61 Å². The van der Waals surface area contributed by atoms with E-state index in [9.17, 15) is 4.39 Å². The van der Waals surface area contributed by atoms with Crippen molar-refractivity contribution in [3.05, 3.63) is 0 Å². The fourth-order valence-electron chi connectivity index (χ4n) is 0.700. The molecule has 0 amide bonds.